The van der Waals surface area contributed by atoms with Gasteiger partial charge in [0.05, 0.1) is 13.7 Å². The van der Waals surface area contributed by atoms with Gasteiger partial charge in [0.25, 0.3) is 0 Å². The van der Waals surface area contributed by atoms with Gasteiger partial charge in [-0.15, -0.1) is 0 Å². The average Bonchev–Trinajstić information content (AvgIpc) is 2.51. The smallest absolute Gasteiger partial charge is 0.320 e. The van der Waals surface area contributed by atoms with Crippen LogP contribution < -0.4 is 0 Å². The Morgan fingerprint density at radius 1 is 1.19 bits per heavy atom. The number of benzene rings is 1. The highest BCUT2D eigenvalue weighted by molar-refractivity contribution is 5.94. The summed E-state index contributed by atoms with van der Waals surface area (Å²) in [5.74, 6) is 4.13. The number of hydrogen-bond acceptors (Lipinski definition) is 4. The Hall–Kier alpha value is -2.28. The number of ether oxygens (including phenoxy) is 2. The lowest BCUT2D eigenvalue weighted by Gasteiger charge is -2.12. The van der Waals surface area contributed by atoms with Gasteiger partial charge in [0.2, 0.25) is 0 Å². The van der Waals surface area contributed by atoms with Gasteiger partial charge in [0.15, 0.2) is 5.92 Å². The van der Waals surface area contributed by atoms with Gasteiger partial charge < -0.3 is 9.47 Å². The Kier molecular flexibility index (Phi) is 7.67. The van der Waals surface area contributed by atoms with Gasteiger partial charge in [0, 0.05) is 12.0 Å². The van der Waals surface area contributed by atoms with Crippen molar-refractivity contribution in [1.82, 2.24) is 0 Å². The van der Waals surface area contributed by atoms with Crippen LogP contribution in [0.3, 0.4) is 0 Å². The first-order chi connectivity index (χ1) is 10.2. The van der Waals surface area contributed by atoms with Crippen molar-refractivity contribution in [2.75, 3.05) is 13.7 Å². The molecule has 0 amide bonds. The SMILES string of the molecule is CCOC(=O)C(CCCC#Cc1ccccc1)C(=O)OC. The van der Waals surface area contributed by atoms with Gasteiger partial charge in [-0.3, -0.25) is 9.59 Å². The largest absolute Gasteiger partial charge is 0.468 e. The predicted molar refractivity (Wildman–Crippen MR) is 79.3 cm³/mol. The summed E-state index contributed by atoms with van der Waals surface area (Å²) in [5.41, 5.74) is 0.951. The van der Waals surface area contributed by atoms with Crippen LogP contribution in [0.5, 0.6) is 0 Å². The van der Waals surface area contributed by atoms with Crippen molar-refractivity contribution in [2.24, 2.45) is 5.92 Å². The maximum absolute atomic E-state index is 11.7. The van der Waals surface area contributed by atoms with E-state index in [2.05, 4.69) is 16.6 Å². The Labute approximate surface area is 125 Å². The summed E-state index contributed by atoms with van der Waals surface area (Å²) < 4.78 is 9.51. The minimum Gasteiger partial charge on any atom is -0.468 e. The minimum absolute atomic E-state index is 0.250. The molecule has 0 heterocycles. The number of rotatable bonds is 6. The first kappa shape index (κ1) is 16.8. The van der Waals surface area contributed by atoms with Crippen molar-refractivity contribution in [2.45, 2.75) is 26.2 Å². The minimum atomic E-state index is -0.853. The van der Waals surface area contributed by atoms with E-state index in [0.29, 0.717) is 19.3 Å². The van der Waals surface area contributed by atoms with Crippen molar-refractivity contribution in [3.8, 4) is 11.8 Å². The molecule has 1 aromatic carbocycles. The second kappa shape index (κ2) is 9.60. The Bertz CT molecular complexity index is 511. The molecular formula is C17H20O4. The number of hydrogen-bond donors (Lipinski definition) is 0. The zero-order chi connectivity index (χ0) is 15.5. The number of carbonyl (C=O) groups excluding carboxylic acids is 2. The van der Waals surface area contributed by atoms with Crippen LogP contribution in [-0.2, 0) is 19.1 Å². The summed E-state index contributed by atoms with van der Waals surface area (Å²) >= 11 is 0. The quantitative estimate of drug-likeness (QED) is 0.349. The van der Waals surface area contributed by atoms with Gasteiger partial charge in [-0.25, -0.2) is 0 Å². The molecule has 1 atom stereocenters. The normalized spacial score (nSPS) is 11.0. The van der Waals surface area contributed by atoms with Crippen LogP contribution in [0, 0.1) is 17.8 Å². The summed E-state index contributed by atoms with van der Waals surface area (Å²) in [6, 6.07) is 9.66. The molecule has 0 spiro atoms. The lowest BCUT2D eigenvalue weighted by Crippen LogP contribution is -2.27. The molecule has 0 saturated heterocycles. The maximum atomic E-state index is 11.7. The molecule has 0 radical (unpaired) electrons. The second-order valence-corrected chi connectivity index (χ2v) is 4.39. The molecule has 1 unspecified atom stereocenters. The first-order valence-corrected chi connectivity index (χ1v) is 6.97. The van der Waals surface area contributed by atoms with Crippen molar-refractivity contribution < 1.29 is 19.1 Å². The van der Waals surface area contributed by atoms with Crippen molar-refractivity contribution in [3.05, 3.63) is 35.9 Å². The zero-order valence-corrected chi connectivity index (χ0v) is 12.4. The summed E-state index contributed by atoms with van der Waals surface area (Å²) in [6.07, 6.45) is 1.63. The summed E-state index contributed by atoms with van der Waals surface area (Å²) in [7, 11) is 1.27. The highest BCUT2D eigenvalue weighted by atomic mass is 16.5. The van der Waals surface area contributed by atoms with E-state index in [1.54, 1.807) is 6.92 Å². The van der Waals surface area contributed by atoms with Gasteiger partial charge in [-0.2, -0.15) is 0 Å². The van der Waals surface area contributed by atoms with E-state index in [4.69, 9.17) is 4.74 Å². The molecule has 0 fully saturated rings. The molecule has 4 heteroatoms. The standard InChI is InChI=1S/C17H20O4/c1-3-21-17(19)15(16(18)20-2)13-9-5-8-12-14-10-6-4-7-11-14/h4,6-7,10-11,15H,3,5,9,13H2,1-2H3. The fourth-order valence-electron chi connectivity index (χ4n) is 1.80. The molecule has 21 heavy (non-hydrogen) atoms. The highest BCUT2D eigenvalue weighted by Gasteiger charge is 2.28. The van der Waals surface area contributed by atoms with E-state index in [-0.39, 0.29) is 6.61 Å². The average molecular weight is 288 g/mol. The summed E-state index contributed by atoms with van der Waals surface area (Å²) in [5, 5.41) is 0. The molecule has 0 saturated carbocycles. The van der Waals surface area contributed by atoms with Gasteiger partial charge in [0.1, 0.15) is 0 Å². The third kappa shape index (κ3) is 6.13. The lowest BCUT2D eigenvalue weighted by atomic mass is 10.0. The summed E-state index contributed by atoms with van der Waals surface area (Å²) in [6.45, 7) is 1.96. The zero-order valence-electron chi connectivity index (χ0n) is 12.4. The predicted octanol–water partition coefficient (Wildman–Crippen LogP) is 2.56. The van der Waals surface area contributed by atoms with E-state index in [0.717, 1.165) is 5.56 Å². The van der Waals surface area contributed by atoms with E-state index in [1.165, 1.54) is 7.11 Å². The van der Waals surface area contributed by atoms with E-state index < -0.39 is 17.9 Å². The van der Waals surface area contributed by atoms with Gasteiger partial charge >= 0.3 is 11.9 Å². The monoisotopic (exact) mass is 288 g/mol. The van der Waals surface area contributed by atoms with Crippen LogP contribution in [0.25, 0.3) is 0 Å². The molecule has 1 aromatic rings. The van der Waals surface area contributed by atoms with Crippen molar-refractivity contribution in [1.29, 1.82) is 0 Å². The number of methoxy groups -OCH3 is 1. The van der Waals surface area contributed by atoms with E-state index in [1.807, 2.05) is 30.3 Å². The fraction of sp³-hybridized carbons (Fsp3) is 0.412. The van der Waals surface area contributed by atoms with Crippen LogP contribution in [-0.4, -0.2) is 25.7 Å². The highest BCUT2D eigenvalue weighted by Crippen LogP contribution is 2.12. The van der Waals surface area contributed by atoms with E-state index >= 15 is 0 Å². The van der Waals surface area contributed by atoms with Crippen molar-refractivity contribution in [3.63, 3.8) is 0 Å². The third-order valence-electron chi connectivity index (χ3n) is 2.86. The number of unbranched alkanes of at least 4 members (excludes halogenated alkanes) is 1. The molecular weight excluding hydrogens is 268 g/mol. The van der Waals surface area contributed by atoms with Crippen LogP contribution in [0.15, 0.2) is 30.3 Å². The number of carbonyl (C=O) groups is 2. The molecule has 0 aromatic heterocycles. The Balaban J connectivity index is 2.45. The molecule has 0 aliphatic rings. The first-order valence-electron chi connectivity index (χ1n) is 6.97. The topological polar surface area (TPSA) is 52.6 Å². The van der Waals surface area contributed by atoms with Crippen LogP contribution in [0.2, 0.25) is 0 Å². The van der Waals surface area contributed by atoms with Crippen LogP contribution in [0.4, 0.5) is 0 Å². The van der Waals surface area contributed by atoms with Crippen LogP contribution in [0.1, 0.15) is 31.7 Å². The molecule has 0 N–H and O–H groups in total. The third-order valence-corrected chi connectivity index (χ3v) is 2.86. The molecule has 0 aliphatic heterocycles. The Morgan fingerprint density at radius 3 is 2.52 bits per heavy atom. The van der Waals surface area contributed by atoms with Gasteiger partial charge in [-0.1, -0.05) is 30.0 Å². The molecule has 112 valence electrons. The number of esters is 2. The van der Waals surface area contributed by atoms with Crippen LogP contribution >= 0.6 is 0 Å². The molecule has 0 bridgehead atoms. The maximum Gasteiger partial charge on any atom is 0.320 e. The summed E-state index contributed by atoms with van der Waals surface area (Å²) in [4.78, 5) is 23.2. The molecule has 1 rings (SSSR count). The second-order valence-electron chi connectivity index (χ2n) is 4.39. The lowest BCUT2D eigenvalue weighted by molar-refractivity contribution is -0.160. The molecule has 4 nitrogen and oxygen atoms in total. The van der Waals surface area contributed by atoms with E-state index in [9.17, 15) is 9.59 Å². The Morgan fingerprint density at radius 2 is 1.90 bits per heavy atom. The molecule has 0 aliphatic carbocycles. The van der Waals surface area contributed by atoms with Crippen molar-refractivity contribution >= 4 is 11.9 Å². The fourth-order valence-corrected chi connectivity index (χ4v) is 1.80. The van der Waals surface area contributed by atoms with Gasteiger partial charge in [-0.05, 0) is 31.9 Å².